The van der Waals surface area contributed by atoms with E-state index in [-0.39, 0.29) is 18.2 Å². The van der Waals surface area contributed by atoms with Gasteiger partial charge in [-0.2, -0.15) is 11.8 Å². The van der Waals surface area contributed by atoms with Crippen molar-refractivity contribution in [2.45, 2.75) is 6.42 Å². The zero-order valence-electron chi connectivity index (χ0n) is 9.80. The van der Waals surface area contributed by atoms with E-state index in [4.69, 9.17) is 5.11 Å². The van der Waals surface area contributed by atoms with Crippen molar-refractivity contribution >= 4 is 29.5 Å². The predicted molar refractivity (Wildman–Crippen MR) is 68.9 cm³/mol. The Morgan fingerprint density at radius 1 is 1.22 bits per heavy atom. The molecule has 2 amide bonds. The lowest BCUT2D eigenvalue weighted by molar-refractivity contribution is -0.136. The second-order valence-electron chi connectivity index (χ2n) is 3.47. The molecule has 1 aromatic rings. The van der Waals surface area contributed by atoms with Gasteiger partial charge < -0.3 is 5.11 Å². The van der Waals surface area contributed by atoms with Crippen LogP contribution in [-0.2, 0) is 4.79 Å². The summed E-state index contributed by atoms with van der Waals surface area (Å²) >= 11 is 1.55. The molecule has 0 saturated carbocycles. The number of carbonyl (C=O) groups is 3. The van der Waals surface area contributed by atoms with Gasteiger partial charge in [0.15, 0.2) is 0 Å². The van der Waals surface area contributed by atoms with E-state index in [1.54, 1.807) is 36.0 Å². The molecule has 0 aromatic heterocycles. The third kappa shape index (κ3) is 3.89. The largest absolute Gasteiger partial charge is 0.481 e. The Morgan fingerprint density at radius 3 is 2.06 bits per heavy atom. The first-order chi connectivity index (χ1) is 8.56. The number of hydrogen-bond acceptors (Lipinski definition) is 4. The average Bonchev–Trinajstić information content (AvgIpc) is 2.64. The minimum absolute atomic E-state index is 0.279. The van der Waals surface area contributed by atoms with Crippen LogP contribution in [0.25, 0.3) is 0 Å². The number of nitrogens with one attached hydrogen (secondary N) is 1. The van der Waals surface area contributed by atoms with Gasteiger partial charge in [0.25, 0.3) is 11.8 Å². The van der Waals surface area contributed by atoms with Crippen molar-refractivity contribution in [3.8, 4) is 0 Å². The molecule has 1 aliphatic heterocycles. The van der Waals surface area contributed by atoms with E-state index in [1.807, 2.05) is 6.26 Å². The normalized spacial score (nSPS) is 12.3. The molecule has 0 aliphatic carbocycles. The zero-order chi connectivity index (χ0) is 13.5. The number of thioether (sulfide) groups is 1. The van der Waals surface area contributed by atoms with Gasteiger partial charge in [0.1, 0.15) is 0 Å². The smallest absolute Gasteiger partial charge is 0.304 e. The molecule has 2 N–H and O–H groups in total. The molecule has 0 atom stereocenters. The number of carboxylic acid groups (broad SMARTS) is 1. The number of rotatable bonds is 3. The maximum absolute atomic E-state index is 10.9. The van der Waals surface area contributed by atoms with Gasteiger partial charge in [0, 0.05) is 5.75 Å². The summed E-state index contributed by atoms with van der Waals surface area (Å²) in [5, 5.41) is 10.2. The molecule has 0 unspecified atom stereocenters. The first-order valence-corrected chi connectivity index (χ1v) is 6.61. The summed E-state index contributed by atoms with van der Waals surface area (Å²) in [4.78, 5) is 31.6. The van der Waals surface area contributed by atoms with Gasteiger partial charge in [-0.1, -0.05) is 12.1 Å². The molecule has 0 radical (unpaired) electrons. The van der Waals surface area contributed by atoms with Crippen LogP contribution in [0.5, 0.6) is 0 Å². The summed E-state index contributed by atoms with van der Waals surface area (Å²) in [6.45, 7) is 0. The van der Waals surface area contributed by atoms with E-state index in [0.29, 0.717) is 11.1 Å². The molecular weight excluding hydrogens is 254 g/mol. The third-order valence-electron chi connectivity index (χ3n) is 2.16. The van der Waals surface area contributed by atoms with E-state index in [1.165, 1.54) is 0 Å². The van der Waals surface area contributed by atoms with Crippen LogP contribution in [0.3, 0.4) is 0 Å². The summed E-state index contributed by atoms with van der Waals surface area (Å²) in [5.74, 6) is -0.597. The van der Waals surface area contributed by atoms with Gasteiger partial charge >= 0.3 is 5.97 Å². The minimum atomic E-state index is -0.714. The first-order valence-electron chi connectivity index (χ1n) is 5.21. The minimum Gasteiger partial charge on any atom is -0.481 e. The van der Waals surface area contributed by atoms with Crippen molar-refractivity contribution in [1.82, 2.24) is 5.32 Å². The van der Waals surface area contributed by atoms with Crippen LogP contribution < -0.4 is 5.32 Å². The SMILES string of the molecule is CSCCC(=O)O.O=C1NC(=O)c2ccccc21. The van der Waals surface area contributed by atoms with E-state index < -0.39 is 5.97 Å². The lowest BCUT2D eigenvalue weighted by atomic mass is 10.1. The fourth-order valence-corrected chi connectivity index (χ4v) is 1.69. The van der Waals surface area contributed by atoms with Gasteiger partial charge in [-0.05, 0) is 18.4 Å². The van der Waals surface area contributed by atoms with Crippen molar-refractivity contribution in [2.75, 3.05) is 12.0 Å². The number of aliphatic carboxylic acids is 1. The molecule has 5 nitrogen and oxygen atoms in total. The lowest BCUT2D eigenvalue weighted by Crippen LogP contribution is -2.19. The number of carbonyl (C=O) groups excluding carboxylic acids is 2. The van der Waals surface area contributed by atoms with Crippen molar-refractivity contribution in [3.05, 3.63) is 35.4 Å². The number of amides is 2. The highest BCUT2D eigenvalue weighted by molar-refractivity contribution is 7.98. The Bertz CT molecular complexity index is 440. The zero-order valence-corrected chi connectivity index (χ0v) is 10.6. The summed E-state index contributed by atoms with van der Waals surface area (Å²) in [6.07, 6.45) is 2.17. The maximum Gasteiger partial charge on any atom is 0.304 e. The molecule has 0 spiro atoms. The molecule has 0 bridgehead atoms. The predicted octanol–water partition coefficient (Wildman–Crippen LogP) is 1.39. The molecule has 6 heteroatoms. The van der Waals surface area contributed by atoms with Crippen molar-refractivity contribution in [2.24, 2.45) is 0 Å². The van der Waals surface area contributed by atoms with Crippen LogP contribution in [0.4, 0.5) is 0 Å². The van der Waals surface area contributed by atoms with Crippen molar-refractivity contribution in [1.29, 1.82) is 0 Å². The summed E-state index contributed by atoms with van der Waals surface area (Å²) in [6, 6.07) is 6.74. The molecule has 18 heavy (non-hydrogen) atoms. The van der Waals surface area contributed by atoms with Gasteiger partial charge in [-0.3, -0.25) is 19.7 Å². The first kappa shape index (κ1) is 14.2. The van der Waals surface area contributed by atoms with Crippen molar-refractivity contribution in [3.63, 3.8) is 0 Å². The van der Waals surface area contributed by atoms with Crippen LogP contribution in [0.1, 0.15) is 27.1 Å². The maximum atomic E-state index is 10.9. The van der Waals surface area contributed by atoms with E-state index in [2.05, 4.69) is 5.32 Å². The van der Waals surface area contributed by atoms with E-state index in [9.17, 15) is 14.4 Å². The van der Waals surface area contributed by atoms with Gasteiger partial charge in [0.2, 0.25) is 0 Å². The van der Waals surface area contributed by atoms with Crippen molar-refractivity contribution < 1.29 is 19.5 Å². The molecule has 96 valence electrons. The van der Waals surface area contributed by atoms with Crippen LogP contribution >= 0.6 is 11.8 Å². The number of carboxylic acids is 1. The Hall–Kier alpha value is -1.82. The second kappa shape index (κ2) is 6.80. The third-order valence-corrected chi connectivity index (χ3v) is 2.78. The molecular formula is C12H13NO4S. The van der Waals surface area contributed by atoms with Crippen LogP contribution in [0, 0.1) is 0 Å². The fraction of sp³-hybridized carbons (Fsp3) is 0.250. The Balaban J connectivity index is 0.000000203. The monoisotopic (exact) mass is 267 g/mol. The second-order valence-corrected chi connectivity index (χ2v) is 4.45. The highest BCUT2D eigenvalue weighted by atomic mass is 32.2. The topological polar surface area (TPSA) is 83.5 Å². The molecule has 1 aliphatic rings. The number of imide groups is 1. The summed E-state index contributed by atoms with van der Waals surface area (Å²) in [5.41, 5.74) is 0.940. The van der Waals surface area contributed by atoms with Crippen LogP contribution in [0.2, 0.25) is 0 Å². The number of benzene rings is 1. The highest BCUT2D eigenvalue weighted by Crippen LogP contribution is 2.13. The quantitative estimate of drug-likeness (QED) is 0.809. The van der Waals surface area contributed by atoms with Gasteiger partial charge in [-0.15, -0.1) is 0 Å². The summed E-state index contributed by atoms with van der Waals surface area (Å²) in [7, 11) is 0. The number of hydrogen-bond donors (Lipinski definition) is 2. The van der Waals surface area contributed by atoms with Gasteiger partial charge in [0.05, 0.1) is 17.5 Å². The van der Waals surface area contributed by atoms with E-state index in [0.717, 1.165) is 5.75 Å². The molecule has 0 saturated heterocycles. The highest BCUT2D eigenvalue weighted by Gasteiger charge is 2.25. The van der Waals surface area contributed by atoms with Crippen LogP contribution in [0.15, 0.2) is 24.3 Å². The average molecular weight is 267 g/mol. The molecule has 1 aromatic carbocycles. The Kier molecular flexibility index (Phi) is 5.38. The number of fused-ring (bicyclic) bond motifs is 1. The van der Waals surface area contributed by atoms with Crippen LogP contribution in [-0.4, -0.2) is 34.9 Å². The molecule has 2 rings (SSSR count). The Morgan fingerprint density at radius 2 is 1.72 bits per heavy atom. The Labute approximate surface area is 109 Å². The standard InChI is InChI=1S/C8H5NO2.C4H8O2S/c10-7-5-3-1-2-4-6(5)8(11)9-7;1-7-3-2-4(5)6/h1-4H,(H,9,10,11);2-3H2,1H3,(H,5,6). The lowest BCUT2D eigenvalue weighted by Gasteiger charge is -1.88. The fourth-order valence-electron chi connectivity index (χ4n) is 1.31. The molecule has 1 heterocycles. The van der Waals surface area contributed by atoms with Gasteiger partial charge in [-0.25, -0.2) is 0 Å². The summed E-state index contributed by atoms with van der Waals surface area (Å²) < 4.78 is 0. The molecule has 0 fully saturated rings. The van der Waals surface area contributed by atoms with E-state index >= 15 is 0 Å².